The fourth-order valence-corrected chi connectivity index (χ4v) is 5.00. The van der Waals surface area contributed by atoms with Gasteiger partial charge in [-0.1, -0.05) is 18.2 Å². The Morgan fingerprint density at radius 1 is 1.31 bits per heavy atom. The molecule has 1 aliphatic rings. The number of aliphatic hydroxyl groups excluding tert-OH is 1. The number of nitrogens with two attached hydrogens (primary N) is 1. The molecule has 3 rings (SSSR count). The van der Waals surface area contributed by atoms with E-state index >= 15 is 0 Å². The molecule has 1 aliphatic heterocycles. The summed E-state index contributed by atoms with van der Waals surface area (Å²) in [5.74, 6) is -1.65. The van der Waals surface area contributed by atoms with Crippen molar-refractivity contribution >= 4 is 19.5 Å². The molecule has 0 saturated carbocycles. The summed E-state index contributed by atoms with van der Waals surface area (Å²) >= 11 is 0. The van der Waals surface area contributed by atoms with E-state index in [2.05, 4.69) is 10.1 Å². The van der Waals surface area contributed by atoms with Crippen LogP contribution in [0.2, 0.25) is 0 Å². The highest BCUT2D eigenvalue weighted by Crippen LogP contribution is 2.46. The van der Waals surface area contributed by atoms with Crippen molar-refractivity contribution in [3.05, 3.63) is 53.1 Å². The molecule has 1 fully saturated rings. The number of hydrogen-bond donors (Lipinski definition) is 3. The van der Waals surface area contributed by atoms with E-state index in [9.17, 15) is 23.7 Å². The molecule has 1 aromatic heterocycles. The molecule has 0 spiro atoms. The lowest BCUT2D eigenvalue weighted by Crippen LogP contribution is -2.37. The molecular weight excluding hydrogens is 498 g/mol. The summed E-state index contributed by atoms with van der Waals surface area (Å²) in [6.07, 6.45) is -2.97. The Hall–Kier alpha value is -2.83. The lowest BCUT2D eigenvalue weighted by atomic mass is 10.00. The number of nitrogens with one attached hydrogen (secondary N) is 1. The number of carbonyl (C=O) groups excluding carboxylic acids is 1. The number of nitrogen functional groups attached to an aromatic ring is 1. The van der Waals surface area contributed by atoms with Gasteiger partial charge in [0.15, 0.2) is 6.23 Å². The van der Waals surface area contributed by atoms with E-state index in [1.165, 1.54) is 31.3 Å². The maximum absolute atomic E-state index is 13.9. The third-order valence-corrected chi connectivity index (χ3v) is 6.90. The van der Waals surface area contributed by atoms with Crippen LogP contribution in [0, 0.1) is 5.92 Å². The van der Waals surface area contributed by atoms with Crippen LogP contribution in [0.1, 0.15) is 27.0 Å². The minimum atomic E-state index is -4.24. The SMILES string of the molecule is CC(C)OC(=O)[C@@H](C)NP(=O)(OC[C@H]1O[C@@H](n2ccc(N)nc2=O)[C@H](O)[C@@H]1CF)Oc1ccccc1. The molecule has 1 saturated heterocycles. The van der Waals surface area contributed by atoms with Gasteiger partial charge >= 0.3 is 19.4 Å². The normalized spacial score (nSPS) is 24.3. The fraction of sp³-hybridized carbons (Fsp3) is 0.500. The molecule has 0 bridgehead atoms. The number of esters is 1. The van der Waals surface area contributed by atoms with Crippen LogP contribution < -0.4 is 21.0 Å². The third kappa shape index (κ3) is 6.89. The van der Waals surface area contributed by atoms with Crippen LogP contribution in [0.15, 0.2) is 47.4 Å². The first-order valence-electron chi connectivity index (χ1n) is 11.2. The molecule has 0 amide bonds. The number of nitrogens with zero attached hydrogens (tertiary/aromatic N) is 2. The zero-order valence-corrected chi connectivity index (χ0v) is 20.9. The van der Waals surface area contributed by atoms with E-state index in [-0.39, 0.29) is 11.6 Å². The van der Waals surface area contributed by atoms with Crippen LogP contribution in [0.5, 0.6) is 5.75 Å². The minimum absolute atomic E-state index is 0.0270. The Balaban J connectivity index is 1.78. The molecular formula is C22H30FN4O8P. The predicted molar refractivity (Wildman–Crippen MR) is 127 cm³/mol. The van der Waals surface area contributed by atoms with Crippen LogP contribution in [-0.2, 0) is 23.4 Å². The van der Waals surface area contributed by atoms with Crippen molar-refractivity contribution in [2.75, 3.05) is 19.0 Å². The average Bonchev–Trinajstić information content (AvgIpc) is 3.13. The first-order chi connectivity index (χ1) is 17.0. The molecule has 14 heteroatoms. The van der Waals surface area contributed by atoms with Gasteiger partial charge in [0.05, 0.1) is 25.5 Å². The first kappa shape index (κ1) is 27.8. The van der Waals surface area contributed by atoms with Gasteiger partial charge in [-0.25, -0.2) is 9.36 Å². The highest BCUT2D eigenvalue weighted by molar-refractivity contribution is 7.52. The van der Waals surface area contributed by atoms with Crippen LogP contribution in [0.3, 0.4) is 0 Å². The maximum Gasteiger partial charge on any atom is 0.459 e. The van der Waals surface area contributed by atoms with Gasteiger partial charge in [-0.15, -0.1) is 0 Å². The van der Waals surface area contributed by atoms with E-state index in [0.717, 1.165) is 4.57 Å². The quantitative estimate of drug-likeness (QED) is 0.288. The molecule has 198 valence electrons. The summed E-state index contributed by atoms with van der Waals surface area (Å²) in [5, 5.41) is 13.1. The van der Waals surface area contributed by atoms with Crippen molar-refractivity contribution in [2.24, 2.45) is 5.92 Å². The number of hydrogen-bond acceptors (Lipinski definition) is 10. The van der Waals surface area contributed by atoms with Gasteiger partial charge in [0.2, 0.25) is 0 Å². The second kappa shape index (κ2) is 11.9. The topological polar surface area (TPSA) is 164 Å². The molecule has 4 N–H and O–H groups in total. The van der Waals surface area contributed by atoms with E-state index in [1.807, 2.05) is 0 Å². The maximum atomic E-state index is 13.9. The third-order valence-electron chi connectivity index (χ3n) is 5.26. The molecule has 6 atom stereocenters. The van der Waals surface area contributed by atoms with E-state index in [0.29, 0.717) is 0 Å². The van der Waals surface area contributed by atoms with Gasteiger partial charge < -0.3 is 24.8 Å². The predicted octanol–water partition coefficient (Wildman–Crippen LogP) is 1.80. The molecule has 1 unspecified atom stereocenters. The Labute approximate surface area is 207 Å². The van der Waals surface area contributed by atoms with Gasteiger partial charge in [0, 0.05) is 12.1 Å². The first-order valence-corrected chi connectivity index (χ1v) is 12.8. The van der Waals surface area contributed by atoms with Crippen molar-refractivity contribution < 1.29 is 37.4 Å². The van der Waals surface area contributed by atoms with Crippen molar-refractivity contribution in [2.45, 2.75) is 51.4 Å². The van der Waals surface area contributed by atoms with Gasteiger partial charge in [-0.05, 0) is 39.0 Å². The number of aliphatic hydroxyl groups is 1. The van der Waals surface area contributed by atoms with Gasteiger partial charge in [0.25, 0.3) is 0 Å². The number of benzene rings is 1. The number of halogens is 1. The second-order valence-electron chi connectivity index (χ2n) is 8.45. The Bertz CT molecular complexity index is 1130. The number of alkyl halides is 1. The molecule has 2 heterocycles. The largest absolute Gasteiger partial charge is 0.462 e. The van der Waals surface area contributed by atoms with Crippen LogP contribution in [-0.4, -0.2) is 58.3 Å². The molecule has 2 aromatic rings. The van der Waals surface area contributed by atoms with Crippen LogP contribution in [0.25, 0.3) is 0 Å². The number of aromatic nitrogens is 2. The Morgan fingerprint density at radius 2 is 2.00 bits per heavy atom. The Kier molecular flexibility index (Phi) is 9.20. The summed E-state index contributed by atoms with van der Waals surface area (Å²) in [6, 6.07) is 8.33. The Morgan fingerprint density at radius 3 is 2.61 bits per heavy atom. The monoisotopic (exact) mass is 528 g/mol. The van der Waals surface area contributed by atoms with Gasteiger partial charge in [-0.2, -0.15) is 10.1 Å². The molecule has 0 aliphatic carbocycles. The zero-order chi connectivity index (χ0) is 26.5. The smallest absolute Gasteiger partial charge is 0.459 e. The standard InChI is InChI=1S/C22H30FN4O8P/c1-13(2)33-21(29)14(3)26-36(31,35-15-7-5-4-6-8-15)32-12-17-16(11-23)19(28)20(34-17)27-10-9-18(24)25-22(27)30/h4-10,13-14,16-17,19-20,28H,11-12H2,1-3H3,(H,26,31)(H2,24,25,30)/t14-,16-,17-,19-,20-,36?/m1/s1. The number of anilines is 1. The van der Waals surface area contributed by atoms with Crippen molar-refractivity contribution in [1.29, 1.82) is 0 Å². The molecule has 36 heavy (non-hydrogen) atoms. The summed E-state index contributed by atoms with van der Waals surface area (Å²) in [7, 11) is -4.24. The molecule has 1 aromatic carbocycles. The average molecular weight is 528 g/mol. The van der Waals surface area contributed by atoms with Gasteiger partial charge in [-0.3, -0.25) is 18.3 Å². The number of rotatable bonds is 11. The number of ether oxygens (including phenoxy) is 2. The highest BCUT2D eigenvalue weighted by Gasteiger charge is 2.46. The van der Waals surface area contributed by atoms with Crippen molar-refractivity contribution in [3.8, 4) is 5.75 Å². The lowest BCUT2D eigenvalue weighted by Gasteiger charge is -2.25. The van der Waals surface area contributed by atoms with Gasteiger partial charge in [0.1, 0.15) is 23.7 Å². The summed E-state index contributed by atoms with van der Waals surface area (Å²) in [6.45, 7) is 3.24. The van der Waals surface area contributed by atoms with Crippen LogP contribution in [0.4, 0.5) is 10.2 Å². The fourth-order valence-electron chi connectivity index (χ4n) is 3.50. The summed E-state index contributed by atoms with van der Waals surface area (Å²) in [5.41, 5.74) is 4.70. The lowest BCUT2D eigenvalue weighted by molar-refractivity contribution is -0.149. The van der Waals surface area contributed by atoms with E-state index < -0.39 is 69.2 Å². The van der Waals surface area contributed by atoms with E-state index in [1.54, 1.807) is 32.0 Å². The second-order valence-corrected chi connectivity index (χ2v) is 10.1. The van der Waals surface area contributed by atoms with Crippen molar-refractivity contribution in [3.63, 3.8) is 0 Å². The summed E-state index contributed by atoms with van der Waals surface area (Å²) in [4.78, 5) is 28.0. The summed E-state index contributed by atoms with van der Waals surface area (Å²) < 4.78 is 50.4. The van der Waals surface area contributed by atoms with Crippen LogP contribution >= 0.6 is 7.75 Å². The minimum Gasteiger partial charge on any atom is -0.462 e. The molecule has 0 radical (unpaired) electrons. The molecule has 12 nitrogen and oxygen atoms in total. The van der Waals surface area contributed by atoms with Crippen molar-refractivity contribution in [1.82, 2.24) is 14.6 Å². The highest BCUT2D eigenvalue weighted by atomic mass is 31.2. The van der Waals surface area contributed by atoms with E-state index in [4.69, 9.17) is 24.3 Å². The number of para-hydroxylation sites is 1. The zero-order valence-electron chi connectivity index (χ0n) is 20.0. The number of carbonyl (C=O) groups is 1.